The average molecular weight is 633 g/mol. The van der Waals surface area contributed by atoms with Crippen molar-refractivity contribution in [1.29, 1.82) is 0 Å². The molecular weight excluding hydrogens is 603 g/mol. The van der Waals surface area contributed by atoms with E-state index >= 15 is 0 Å². The molecule has 45 heavy (non-hydrogen) atoms. The number of rotatable bonds is 7. The summed E-state index contributed by atoms with van der Waals surface area (Å²) in [5.41, 5.74) is -0.735. The van der Waals surface area contributed by atoms with E-state index in [1.54, 1.807) is 56.6 Å². The number of carbonyl (C=O) groups is 1. The second-order valence-electron chi connectivity index (χ2n) is 10.5. The van der Waals surface area contributed by atoms with Gasteiger partial charge < -0.3 is 20.3 Å². The van der Waals surface area contributed by atoms with E-state index in [2.05, 4.69) is 30.5 Å². The molecule has 0 saturated carbocycles. The Morgan fingerprint density at radius 1 is 0.978 bits per heavy atom. The van der Waals surface area contributed by atoms with E-state index in [0.717, 1.165) is 54.2 Å². The minimum Gasteiger partial charge on any atom is -0.457 e. The van der Waals surface area contributed by atoms with Gasteiger partial charge in [0, 0.05) is 55.7 Å². The van der Waals surface area contributed by atoms with Crippen molar-refractivity contribution in [2.45, 2.75) is 19.9 Å². The van der Waals surface area contributed by atoms with Gasteiger partial charge in [-0.05, 0) is 62.4 Å². The summed E-state index contributed by atoms with van der Waals surface area (Å²) in [6, 6.07) is 12.3. The number of carbonyl (C=O) groups excluding carboxylic acids is 1. The van der Waals surface area contributed by atoms with Gasteiger partial charge in [0.2, 0.25) is 0 Å². The predicted molar refractivity (Wildman–Crippen MR) is 171 cm³/mol. The zero-order chi connectivity index (χ0) is 30.8. The largest absolute Gasteiger partial charge is 0.457 e. The van der Waals surface area contributed by atoms with E-state index < -0.39 is 23.0 Å². The van der Waals surface area contributed by atoms with Crippen LogP contribution < -0.4 is 31.5 Å². The molecule has 1 aromatic carbocycles. The van der Waals surface area contributed by atoms with Crippen molar-refractivity contribution in [2.24, 2.45) is 0 Å². The first kappa shape index (κ1) is 31.3. The molecule has 0 aliphatic carbocycles. The van der Waals surface area contributed by atoms with Gasteiger partial charge in [-0.1, -0.05) is 0 Å². The fourth-order valence-electron chi connectivity index (χ4n) is 4.90. The molecule has 6 rings (SSSR count). The number of piperazine rings is 1. The number of aromatic nitrogens is 5. The van der Waals surface area contributed by atoms with Gasteiger partial charge in [-0.15, -0.1) is 12.4 Å². The number of amides is 1. The van der Waals surface area contributed by atoms with Crippen molar-refractivity contribution >= 4 is 40.7 Å². The molecule has 0 bridgehead atoms. The molecule has 5 aromatic rings. The van der Waals surface area contributed by atoms with E-state index in [4.69, 9.17) is 4.74 Å². The maximum atomic E-state index is 13.5. The first-order valence-corrected chi connectivity index (χ1v) is 14.1. The molecule has 232 valence electrons. The molecule has 12 nitrogen and oxygen atoms in total. The lowest BCUT2D eigenvalue weighted by atomic mass is 10.2. The molecule has 1 fully saturated rings. The summed E-state index contributed by atoms with van der Waals surface area (Å²) in [6.45, 7) is 6.98. The van der Waals surface area contributed by atoms with Crippen molar-refractivity contribution in [2.75, 3.05) is 36.4 Å². The maximum absolute atomic E-state index is 13.5. The van der Waals surface area contributed by atoms with Gasteiger partial charge in [-0.3, -0.25) is 19.1 Å². The maximum Gasteiger partial charge on any atom is 0.337 e. The van der Waals surface area contributed by atoms with E-state index in [1.807, 2.05) is 6.07 Å². The summed E-state index contributed by atoms with van der Waals surface area (Å²) in [5, 5.41) is 6.86. The molecule has 14 heteroatoms. The third-order valence-corrected chi connectivity index (χ3v) is 7.21. The number of nitrogens with one attached hydrogen (secondary N) is 2. The Morgan fingerprint density at radius 2 is 1.71 bits per heavy atom. The monoisotopic (exact) mass is 632 g/mol. The normalized spacial score (nSPS) is 13.0. The second kappa shape index (κ2) is 13.2. The van der Waals surface area contributed by atoms with Crippen LogP contribution in [0, 0.1) is 5.82 Å². The van der Waals surface area contributed by atoms with Crippen molar-refractivity contribution in [3.63, 3.8) is 0 Å². The summed E-state index contributed by atoms with van der Waals surface area (Å²) in [6.07, 6.45) is 5.51. The van der Waals surface area contributed by atoms with Crippen LogP contribution in [0.5, 0.6) is 11.5 Å². The van der Waals surface area contributed by atoms with Gasteiger partial charge in [-0.25, -0.2) is 23.7 Å². The number of ether oxygens (including phenoxy) is 1. The molecule has 5 heterocycles. The zero-order valence-electron chi connectivity index (χ0n) is 24.4. The number of nitrogens with zero attached hydrogens (tertiary/aromatic N) is 6. The van der Waals surface area contributed by atoms with Crippen molar-refractivity contribution in [1.82, 2.24) is 29.4 Å². The van der Waals surface area contributed by atoms with Crippen LogP contribution in [0.1, 0.15) is 30.2 Å². The smallest absolute Gasteiger partial charge is 0.337 e. The molecule has 1 saturated heterocycles. The number of pyridine rings is 3. The summed E-state index contributed by atoms with van der Waals surface area (Å²) < 4.78 is 21.6. The SMILES string of the molecule is CC(C)n1cc(C(=O)Nc2ccc(Oc3ccnc4cnc(N5CCNCC5)cc34)cc2)c(=O)n(-c2ccc(F)cn2)c1=O.Cl. The highest BCUT2D eigenvalue weighted by molar-refractivity contribution is 6.03. The lowest BCUT2D eigenvalue weighted by Gasteiger charge is -2.28. The number of benzene rings is 1. The van der Waals surface area contributed by atoms with Crippen LogP contribution in [0.15, 0.2) is 82.9 Å². The van der Waals surface area contributed by atoms with Crippen molar-refractivity contribution in [3.05, 3.63) is 106 Å². The zero-order valence-corrected chi connectivity index (χ0v) is 25.3. The van der Waals surface area contributed by atoms with E-state index in [-0.39, 0.29) is 29.8 Å². The number of fused-ring (bicyclic) bond motifs is 1. The Labute approximate surface area is 262 Å². The molecule has 0 radical (unpaired) electrons. The number of halogens is 2. The Hall–Kier alpha value is -5.14. The first-order chi connectivity index (χ1) is 21.3. The lowest BCUT2D eigenvalue weighted by molar-refractivity contribution is 0.102. The third-order valence-electron chi connectivity index (χ3n) is 7.21. The molecule has 1 aliphatic heterocycles. The molecular formula is C31H30ClFN8O4. The van der Waals surface area contributed by atoms with Crippen LogP contribution in [-0.4, -0.2) is 56.2 Å². The molecule has 0 spiro atoms. The van der Waals surface area contributed by atoms with Gasteiger partial charge in [0.25, 0.3) is 11.5 Å². The fourth-order valence-corrected chi connectivity index (χ4v) is 4.90. The minimum absolute atomic E-state index is 0. The number of hydrogen-bond donors (Lipinski definition) is 2. The van der Waals surface area contributed by atoms with Gasteiger partial charge in [-0.2, -0.15) is 0 Å². The summed E-state index contributed by atoms with van der Waals surface area (Å²) >= 11 is 0. The van der Waals surface area contributed by atoms with Crippen molar-refractivity contribution in [3.8, 4) is 17.3 Å². The van der Waals surface area contributed by atoms with Crippen LogP contribution in [0.2, 0.25) is 0 Å². The summed E-state index contributed by atoms with van der Waals surface area (Å²) in [4.78, 5) is 54.7. The van der Waals surface area contributed by atoms with Crippen LogP contribution in [0.4, 0.5) is 15.9 Å². The first-order valence-electron chi connectivity index (χ1n) is 14.1. The number of anilines is 2. The Morgan fingerprint density at radius 3 is 2.40 bits per heavy atom. The van der Waals surface area contributed by atoms with Gasteiger partial charge in [0.15, 0.2) is 0 Å². The van der Waals surface area contributed by atoms with Gasteiger partial charge >= 0.3 is 5.69 Å². The van der Waals surface area contributed by atoms with Crippen LogP contribution in [0.25, 0.3) is 16.7 Å². The summed E-state index contributed by atoms with van der Waals surface area (Å²) in [5.74, 6) is 0.549. The number of hydrogen-bond acceptors (Lipinski definition) is 9. The highest BCUT2D eigenvalue weighted by Crippen LogP contribution is 2.31. The van der Waals surface area contributed by atoms with Crippen LogP contribution in [-0.2, 0) is 0 Å². The molecule has 1 amide bonds. The Bertz CT molecular complexity index is 1960. The quantitative estimate of drug-likeness (QED) is 0.273. The summed E-state index contributed by atoms with van der Waals surface area (Å²) in [7, 11) is 0. The highest BCUT2D eigenvalue weighted by Gasteiger charge is 2.21. The van der Waals surface area contributed by atoms with Gasteiger partial charge in [0.05, 0.1) is 17.9 Å². The molecule has 0 atom stereocenters. The lowest BCUT2D eigenvalue weighted by Crippen LogP contribution is -2.43. The molecule has 0 unspecified atom stereocenters. The Balaban J connectivity index is 0.00000400. The average Bonchev–Trinajstić information content (AvgIpc) is 3.03. The second-order valence-corrected chi connectivity index (χ2v) is 10.5. The van der Waals surface area contributed by atoms with Gasteiger partial charge in [0.1, 0.15) is 34.5 Å². The van der Waals surface area contributed by atoms with Crippen LogP contribution in [0.3, 0.4) is 0 Å². The van der Waals surface area contributed by atoms with E-state index in [9.17, 15) is 18.8 Å². The fraction of sp³-hybridized carbons (Fsp3) is 0.226. The third kappa shape index (κ3) is 6.54. The highest BCUT2D eigenvalue weighted by atomic mass is 35.5. The van der Waals surface area contributed by atoms with Crippen molar-refractivity contribution < 1.29 is 13.9 Å². The standard InChI is InChI=1S/C31H29FN8O4.ClH/c1-19(2)39-18-24(30(42)40(31(39)43)27-8-3-20(32)16-35-27)29(41)37-21-4-6-22(7-5-21)44-26-9-10-34-25-17-36-28(15-23(25)26)38-13-11-33-12-14-38;/h3-10,15-19,33H,11-14H2,1-2H3,(H,37,41);1H. The minimum atomic E-state index is -0.872. The molecule has 4 aromatic heterocycles. The molecule has 1 aliphatic rings. The van der Waals surface area contributed by atoms with E-state index in [0.29, 0.717) is 22.7 Å². The molecule has 2 N–H and O–H groups in total. The van der Waals surface area contributed by atoms with E-state index in [1.165, 1.54) is 16.8 Å². The predicted octanol–water partition coefficient (Wildman–Crippen LogP) is 3.93. The Kier molecular flexibility index (Phi) is 9.21. The van der Waals surface area contributed by atoms with Crippen LogP contribution >= 0.6 is 12.4 Å². The topological polar surface area (TPSA) is 136 Å².